The first kappa shape index (κ1) is 11.5. The molecule has 1 N–H and O–H groups in total. The molecular weight excluding hydrogens is 228 g/mol. The lowest BCUT2D eigenvalue weighted by molar-refractivity contribution is -0.0476. The van der Waals surface area contributed by atoms with E-state index in [1.165, 1.54) is 5.56 Å². The molecule has 1 aromatic carbocycles. The van der Waals surface area contributed by atoms with E-state index >= 15 is 0 Å². The Morgan fingerprint density at radius 2 is 2.11 bits per heavy atom. The number of hydrogen-bond donors (Lipinski definition) is 1. The molecule has 1 aliphatic heterocycles. The molecular formula is C15H16O3. The molecule has 0 bridgehead atoms. The van der Waals surface area contributed by atoms with Crippen molar-refractivity contribution in [2.75, 3.05) is 6.61 Å². The van der Waals surface area contributed by atoms with Crippen LogP contribution in [-0.4, -0.2) is 17.8 Å². The summed E-state index contributed by atoms with van der Waals surface area (Å²) in [7, 11) is 0. The van der Waals surface area contributed by atoms with Gasteiger partial charge in [0, 0.05) is 6.42 Å². The fraction of sp³-hybridized carbons (Fsp3) is 0.333. The first-order valence-corrected chi connectivity index (χ1v) is 6.24. The van der Waals surface area contributed by atoms with E-state index in [1.807, 2.05) is 30.3 Å². The predicted octanol–water partition coefficient (Wildman–Crippen LogP) is 2.50. The van der Waals surface area contributed by atoms with E-state index < -0.39 is 6.10 Å². The van der Waals surface area contributed by atoms with Gasteiger partial charge in [-0.2, -0.15) is 0 Å². The first-order valence-electron chi connectivity index (χ1n) is 6.24. The minimum absolute atomic E-state index is 0.250. The van der Waals surface area contributed by atoms with Gasteiger partial charge in [-0.1, -0.05) is 24.3 Å². The summed E-state index contributed by atoms with van der Waals surface area (Å²) in [5.41, 5.74) is 2.37. The van der Waals surface area contributed by atoms with Crippen molar-refractivity contribution in [1.82, 2.24) is 0 Å². The highest BCUT2D eigenvalue weighted by molar-refractivity contribution is 5.31. The van der Waals surface area contributed by atoms with Crippen LogP contribution >= 0.6 is 0 Å². The molecule has 0 aliphatic carbocycles. The van der Waals surface area contributed by atoms with Crippen LogP contribution in [0.5, 0.6) is 0 Å². The molecule has 3 rings (SSSR count). The van der Waals surface area contributed by atoms with E-state index in [9.17, 15) is 5.11 Å². The number of ether oxygens (including phenoxy) is 1. The third-order valence-corrected chi connectivity index (χ3v) is 3.37. The van der Waals surface area contributed by atoms with Crippen LogP contribution in [0.3, 0.4) is 0 Å². The standard InChI is InChI=1S/C15H16O3/c16-14(10-12-5-3-8-17-12)15-13-6-2-1-4-11(13)7-9-18-15/h1-6,8,14-16H,7,9-10H2. The van der Waals surface area contributed by atoms with Crippen LogP contribution in [0.15, 0.2) is 47.1 Å². The van der Waals surface area contributed by atoms with Crippen LogP contribution in [0, 0.1) is 0 Å². The summed E-state index contributed by atoms with van der Waals surface area (Å²) in [5, 5.41) is 10.3. The summed E-state index contributed by atoms with van der Waals surface area (Å²) in [4.78, 5) is 0. The van der Waals surface area contributed by atoms with Gasteiger partial charge in [0.05, 0.1) is 19.0 Å². The van der Waals surface area contributed by atoms with Gasteiger partial charge in [0.2, 0.25) is 0 Å². The van der Waals surface area contributed by atoms with Crippen LogP contribution in [0.4, 0.5) is 0 Å². The van der Waals surface area contributed by atoms with Crippen molar-refractivity contribution in [1.29, 1.82) is 0 Å². The zero-order chi connectivity index (χ0) is 12.4. The highest BCUT2D eigenvalue weighted by atomic mass is 16.5. The molecule has 0 amide bonds. The average molecular weight is 244 g/mol. The van der Waals surface area contributed by atoms with Crippen molar-refractivity contribution in [2.24, 2.45) is 0 Å². The van der Waals surface area contributed by atoms with Crippen molar-refractivity contribution in [3.05, 3.63) is 59.5 Å². The van der Waals surface area contributed by atoms with E-state index in [0.29, 0.717) is 13.0 Å². The Morgan fingerprint density at radius 3 is 2.94 bits per heavy atom. The quantitative estimate of drug-likeness (QED) is 0.902. The highest BCUT2D eigenvalue weighted by Crippen LogP contribution is 2.30. The maximum Gasteiger partial charge on any atom is 0.109 e. The molecule has 3 heteroatoms. The van der Waals surface area contributed by atoms with Gasteiger partial charge in [0.15, 0.2) is 0 Å². The Hall–Kier alpha value is -1.58. The average Bonchev–Trinajstić information content (AvgIpc) is 2.91. The Bertz CT molecular complexity index is 504. The highest BCUT2D eigenvalue weighted by Gasteiger charge is 2.27. The molecule has 3 nitrogen and oxygen atoms in total. The van der Waals surface area contributed by atoms with Gasteiger partial charge in [-0.3, -0.25) is 0 Å². The Kier molecular flexibility index (Phi) is 3.17. The van der Waals surface area contributed by atoms with E-state index in [2.05, 4.69) is 6.07 Å². The molecule has 2 aromatic rings. The van der Waals surface area contributed by atoms with Crippen molar-refractivity contribution >= 4 is 0 Å². The fourth-order valence-corrected chi connectivity index (χ4v) is 2.49. The van der Waals surface area contributed by atoms with Gasteiger partial charge in [-0.15, -0.1) is 0 Å². The third-order valence-electron chi connectivity index (χ3n) is 3.37. The topological polar surface area (TPSA) is 42.6 Å². The number of fused-ring (bicyclic) bond motifs is 1. The zero-order valence-electron chi connectivity index (χ0n) is 10.1. The van der Waals surface area contributed by atoms with Crippen molar-refractivity contribution in [2.45, 2.75) is 25.0 Å². The number of aliphatic hydroxyl groups is 1. The van der Waals surface area contributed by atoms with Crippen molar-refractivity contribution in [3.8, 4) is 0 Å². The molecule has 2 atom stereocenters. The molecule has 2 heterocycles. The summed E-state index contributed by atoms with van der Waals surface area (Å²) >= 11 is 0. The largest absolute Gasteiger partial charge is 0.469 e. The number of aliphatic hydroxyl groups excluding tert-OH is 1. The molecule has 1 aromatic heterocycles. The maximum absolute atomic E-state index is 10.3. The fourth-order valence-electron chi connectivity index (χ4n) is 2.49. The smallest absolute Gasteiger partial charge is 0.109 e. The Morgan fingerprint density at radius 1 is 1.22 bits per heavy atom. The number of rotatable bonds is 3. The molecule has 0 saturated heterocycles. The molecule has 2 unspecified atom stereocenters. The lowest BCUT2D eigenvalue weighted by Crippen LogP contribution is -2.28. The molecule has 0 spiro atoms. The third kappa shape index (κ3) is 2.19. The SMILES string of the molecule is OC(Cc1ccco1)C1OCCc2ccccc21. The van der Waals surface area contributed by atoms with Crippen LogP contribution in [0.1, 0.15) is 23.0 Å². The predicted molar refractivity (Wildman–Crippen MR) is 67.3 cm³/mol. The normalized spacial score (nSPS) is 20.4. The number of hydrogen-bond acceptors (Lipinski definition) is 3. The second-order valence-corrected chi connectivity index (χ2v) is 4.59. The van der Waals surface area contributed by atoms with Gasteiger partial charge < -0.3 is 14.3 Å². The molecule has 0 saturated carbocycles. The van der Waals surface area contributed by atoms with Gasteiger partial charge in [0.1, 0.15) is 11.9 Å². The van der Waals surface area contributed by atoms with E-state index in [4.69, 9.17) is 9.15 Å². The maximum atomic E-state index is 10.3. The van der Waals surface area contributed by atoms with Gasteiger partial charge in [-0.25, -0.2) is 0 Å². The molecule has 18 heavy (non-hydrogen) atoms. The lowest BCUT2D eigenvalue weighted by Gasteiger charge is -2.29. The van der Waals surface area contributed by atoms with Crippen LogP contribution in [0.2, 0.25) is 0 Å². The van der Waals surface area contributed by atoms with Crippen LogP contribution in [0.25, 0.3) is 0 Å². The number of benzene rings is 1. The van der Waals surface area contributed by atoms with Crippen LogP contribution < -0.4 is 0 Å². The molecule has 94 valence electrons. The Balaban J connectivity index is 1.80. The van der Waals surface area contributed by atoms with E-state index in [-0.39, 0.29) is 6.10 Å². The number of furan rings is 1. The zero-order valence-corrected chi connectivity index (χ0v) is 10.1. The molecule has 0 fully saturated rings. The lowest BCUT2D eigenvalue weighted by atomic mass is 9.93. The molecule has 0 radical (unpaired) electrons. The summed E-state index contributed by atoms with van der Waals surface area (Å²) in [6, 6.07) is 11.9. The first-order chi connectivity index (χ1) is 8.84. The second kappa shape index (κ2) is 4.96. The van der Waals surface area contributed by atoms with Crippen LogP contribution in [-0.2, 0) is 17.6 Å². The van der Waals surface area contributed by atoms with Crippen molar-refractivity contribution < 1.29 is 14.3 Å². The second-order valence-electron chi connectivity index (χ2n) is 4.59. The monoisotopic (exact) mass is 244 g/mol. The minimum Gasteiger partial charge on any atom is -0.469 e. The minimum atomic E-state index is -0.572. The van der Waals surface area contributed by atoms with E-state index in [1.54, 1.807) is 6.26 Å². The summed E-state index contributed by atoms with van der Waals surface area (Å²) in [6.07, 6.45) is 2.20. The van der Waals surface area contributed by atoms with Crippen molar-refractivity contribution in [3.63, 3.8) is 0 Å². The van der Waals surface area contributed by atoms with Gasteiger partial charge in [-0.05, 0) is 29.7 Å². The Labute approximate surface area is 106 Å². The summed E-state index contributed by atoms with van der Waals surface area (Å²) in [5.74, 6) is 0.786. The van der Waals surface area contributed by atoms with Gasteiger partial charge >= 0.3 is 0 Å². The summed E-state index contributed by atoms with van der Waals surface area (Å²) < 4.78 is 11.0. The molecule has 1 aliphatic rings. The van der Waals surface area contributed by atoms with Gasteiger partial charge in [0.25, 0.3) is 0 Å². The van der Waals surface area contributed by atoms with E-state index in [0.717, 1.165) is 17.7 Å². The summed E-state index contributed by atoms with van der Waals surface area (Å²) in [6.45, 7) is 0.664.